The van der Waals surface area contributed by atoms with Gasteiger partial charge in [0.2, 0.25) is 5.91 Å². The van der Waals surface area contributed by atoms with Crippen LogP contribution in [0, 0.1) is 0 Å². The second kappa shape index (κ2) is 7.20. The fourth-order valence-corrected chi connectivity index (χ4v) is 3.60. The molecule has 0 fully saturated rings. The molecule has 1 amide bonds. The molecule has 1 aliphatic carbocycles. The summed E-state index contributed by atoms with van der Waals surface area (Å²) < 4.78 is 12.1. The zero-order valence-corrected chi connectivity index (χ0v) is 14.8. The Bertz CT molecular complexity index is 822. The molecule has 0 saturated carbocycles. The number of hydrogen-bond acceptors (Lipinski definition) is 4. The van der Waals surface area contributed by atoms with Crippen LogP contribution in [0.5, 0.6) is 11.5 Å². The van der Waals surface area contributed by atoms with Gasteiger partial charge in [-0.05, 0) is 35.7 Å². The highest BCUT2D eigenvalue weighted by molar-refractivity contribution is 5.86. The maximum atomic E-state index is 11.6. The Labute approximate surface area is 153 Å². The van der Waals surface area contributed by atoms with E-state index in [0.717, 1.165) is 29.9 Å². The lowest BCUT2D eigenvalue weighted by atomic mass is 9.95. The van der Waals surface area contributed by atoms with Crippen molar-refractivity contribution >= 4 is 12.1 Å². The van der Waals surface area contributed by atoms with E-state index in [1.165, 1.54) is 11.1 Å². The topological polar surface area (TPSA) is 59.9 Å². The van der Waals surface area contributed by atoms with Gasteiger partial charge in [0.25, 0.3) is 0 Å². The second-order valence-electron chi connectivity index (χ2n) is 6.68. The number of ether oxygens (including phenoxy) is 2. The number of carbonyl (C=O) groups excluding carboxylic acids is 1. The minimum absolute atomic E-state index is 0.0393. The van der Waals surface area contributed by atoms with Crippen LogP contribution in [0.2, 0.25) is 0 Å². The molecule has 134 valence electrons. The van der Waals surface area contributed by atoms with E-state index >= 15 is 0 Å². The van der Waals surface area contributed by atoms with Gasteiger partial charge in [-0.2, -0.15) is 5.10 Å². The summed E-state index contributed by atoms with van der Waals surface area (Å²) in [6.07, 6.45) is 4.07. The molecule has 1 N–H and O–H groups in total. The largest absolute Gasteiger partial charge is 0.490 e. The molecule has 5 heteroatoms. The van der Waals surface area contributed by atoms with E-state index in [9.17, 15) is 4.79 Å². The normalized spacial score (nSPS) is 19.1. The maximum absolute atomic E-state index is 11.6. The van der Waals surface area contributed by atoms with Crippen molar-refractivity contribution in [1.82, 2.24) is 5.43 Å². The summed E-state index contributed by atoms with van der Waals surface area (Å²) in [5.41, 5.74) is 6.18. The van der Waals surface area contributed by atoms with Crippen molar-refractivity contribution in [2.45, 2.75) is 38.2 Å². The molecule has 2 aromatic carbocycles. The highest BCUT2D eigenvalue weighted by Crippen LogP contribution is 2.35. The predicted octanol–water partition coefficient (Wildman–Crippen LogP) is 3.22. The lowest BCUT2D eigenvalue weighted by Crippen LogP contribution is -2.26. The summed E-state index contributed by atoms with van der Waals surface area (Å²) in [6.45, 7) is 2.54. The third kappa shape index (κ3) is 3.43. The Kier molecular flexibility index (Phi) is 4.61. The van der Waals surface area contributed by atoms with Crippen LogP contribution in [0.1, 0.15) is 36.0 Å². The summed E-state index contributed by atoms with van der Waals surface area (Å²) >= 11 is 0. The highest BCUT2D eigenvalue weighted by Gasteiger charge is 2.25. The summed E-state index contributed by atoms with van der Waals surface area (Å²) in [5.74, 6) is 1.37. The van der Waals surface area contributed by atoms with Gasteiger partial charge in [0.15, 0.2) is 11.5 Å². The van der Waals surface area contributed by atoms with Crippen molar-refractivity contribution in [2.24, 2.45) is 5.10 Å². The average molecular weight is 350 g/mol. The molecular formula is C21H22N2O3. The van der Waals surface area contributed by atoms with Crippen molar-refractivity contribution in [3.8, 4) is 11.5 Å². The molecule has 2 aromatic rings. The minimum Gasteiger partial charge on any atom is -0.490 e. The lowest BCUT2D eigenvalue weighted by molar-refractivity contribution is -0.121. The van der Waals surface area contributed by atoms with Gasteiger partial charge in [0, 0.05) is 31.4 Å². The van der Waals surface area contributed by atoms with E-state index in [0.29, 0.717) is 13.0 Å². The molecule has 2 aliphatic rings. The first-order valence-electron chi connectivity index (χ1n) is 9.05. The molecule has 0 saturated heterocycles. The summed E-state index contributed by atoms with van der Waals surface area (Å²) in [6, 6.07) is 14.4. The Morgan fingerprint density at radius 2 is 1.85 bits per heavy atom. The van der Waals surface area contributed by atoms with Crippen molar-refractivity contribution in [2.75, 3.05) is 6.61 Å². The Morgan fingerprint density at radius 3 is 2.54 bits per heavy atom. The third-order valence-electron chi connectivity index (χ3n) is 4.85. The number of hydrogen-bond donors (Lipinski definition) is 1. The molecule has 5 nitrogen and oxygen atoms in total. The van der Waals surface area contributed by atoms with Crippen LogP contribution in [0.4, 0.5) is 0 Å². The number of benzene rings is 2. The Balaban J connectivity index is 1.57. The van der Waals surface area contributed by atoms with Crippen LogP contribution in [0.15, 0.2) is 47.6 Å². The van der Waals surface area contributed by atoms with E-state index in [1.807, 2.05) is 25.1 Å². The van der Waals surface area contributed by atoms with Crippen LogP contribution in [0.3, 0.4) is 0 Å². The molecule has 4 rings (SSSR count). The summed E-state index contributed by atoms with van der Waals surface area (Å²) in [7, 11) is 0. The third-order valence-corrected chi connectivity index (χ3v) is 4.85. The van der Waals surface area contributed by atoms with E-state index in [1.54, 1.807) is 6.21 Å². The van der Waals surface area contributed by atoms with Gasteiger partial charge >= 0.3 is 0 Å². The van der Waals surface area contributed by atoms with Gasteiger partial charge < -0.3 is 9.47 Å². The molecule has 1 heterocycles. The number of carbonyl (C=O) groups is 1. The van der Waals surface area contributed by atoms with E-state index < -0.39 is 0 Å². The second-order valence-corrected chi connectivity index (χ2v) is 6.68. The average Bonchev–Trinajstić information content (AvgIpc) is 3.05. The Morgan fingerprint density at radius 1 is 1.08 bits per heavy atom. The molecule has 1 atom stereocenters. The monoisotopic (exact) mass is 350 g/mol. The zero-order chi connectivity index (χ0) is 17.9. The molecule has 1 unspecified atom stereocenters. The van der Waals surface area contributed by atoms with Crippen molar-refractivity contribution in [3.05, 3.63) is 59.2 Å². The number of amides is 1. The van der Waals surface area contributed by atoms with Gasteiger partial charge in [-0.25, -0.2) is 5.43 Å². The number of nitrogens with zero attached hydrogens (tertiary/aromatic N) is 1. The predicted molar refractivity (Wildman–Crippen MR) is 99.9 cm³/mol. The van der Waals surface area contributed by atoms with E-state index in [-0.39, 0.29) is 17.9 Å². The minimum atomic E-state index is -0.0694. The van der Waals surface area contributed by atoms with Crippen LogP contribution < -0.4 is 14.9 Å². The van der Waals surface area contributed by atoms with Crippen LogP contribution >= 0.6 is 0 Å². The quantitative estimate of drug-likeness (QED) is 0.901. The molecule has 0 radical (unpaired) electrons. The number of fused-ring (bicyclic) bond motifs is 1. The fraction of sp³-hybridized carbons (Fsp3) is 0.333. The maximum Gasteiger partial charge on any atom is 0.241 e. The van der Waals surface area contributed by atoms with Gasteiger partial charge in [0.05, 0.1) is 6.61 Å². The van der Waals surface area contributed by atoms with Crippen LogP contribution in [0.25, 0.3) is 0 Å². The van der Waals surface area contributed by atoms with Gasteiger partial charge in [-0.3, -0.25) is 4.79 Å². The smallest absolute Gasteiger partial charge is 0.241 e. The van der Waals surface area contributed by atoms with Gasteiger partial charge in [0.1, 0.15) is 6.10 Å². The van der Waals surface area contributed by atoms with Crippen molar-refractivity contribution < 1.29 is 14.3 Å². The molecule has 0 aromatic heterocycles. The number of hydrazone groups is 1. The van der Waals surface area contributed by atoms with Gasteiger partial charge in [-0.15, -0.1) is 0 Å². The first kappa shape index (κ1) is 16.6. The van der Waals surface area contributed by atoms with E-state index in [4.69, 9.17) is 9.47 Å². The molecular weight excluding hydrogens is 328 g/mol. The fourth-order valence-electron chi connectivity index (χ4n) is 3.60. The first-order valence-corrected chi connectivity index (χ1v) is 9.05. The first-order chi connectivity index (χ1) is 12.7. The summed E-state index contributed by atoms with van der Waals surface area (Å²) in [4.78, 5) is 11.6. The molecule has 0 bridgehead atoms. The number of nitrogens with one attached hydrogen (secondary N) is 1. The number of rotatable bonds is 5. The Hall–Kier alpha value is -2.82. The van der Waals surface area contributed by atoms with E-state index in [2.05, 4.69) is 34.8 Å². The molecule has 1 aliphatic heterocycles. The molecule has 26 heavy (non-hydrogen) atoms. The molecule has 0 spiro atoms. The van der Waals surface area contributed by atoms with Crippen molar-refractivity contribution in [1.29, 1.82) is 0 Å². The lowest BCUT2D eigenvalue weighted by Gasteiger charge is -2.20. The van der Waals surface area contributed by atoms with Crippen LogP contribution in [-0.4, -0.2) is 24.8 Å². The summed E-state index contributed by atoms with van der Waals surface area (Å²) in [5, 5.41) is 3.94. The van der Waals surface area contributed by atoms with Crippen molar-refractivity contribution in [3.63, 3.8) is 0 Å². The van der Waals surface area contributed by atoms with Gasteiger partial charge in [-0.1, -0.05) is 30.3 Å². The SMILES string of the molecule is CCOc1ccc(C2C=NNC(=O)C2)cc1OC1Cc2ccccc2C1. The standard InChI is InChI=1S/C21H22N2O3/c1-2-25-19-8-7-16(17-12-21(24)23-22-13-17)11-20(19)26-18-9-14-5-3-4-6-15(14)10-18/h3-8,11,13,17-18H,2,9-10,12H2,1H3,(H,23,24). The van der Waals surface area contributed by atoms with Crippen LogP contribution in [-0.2, 0) is 17.6 Å². The highest BCUT2D eigenvalue weighted by atomic mass is 16.5. The zero-order valence-electron chi connectivity index (χ0n) is 14.8.